The summed E-state index contributed by atoms with van der Waals surface area (Å²) in [4.78, 5) is 27.8. The fourth-order valence-corrected chi connectivity index (χ4v) is 3.54. The number of pyridine rings is 3. The zero-order chi connectivity index (χ0) is 19.3. The van der Waals surface area contributed by atoms with Gasteiger partial charge in [0.05, 0.1) is 5.56 Å². The van der Waals surface area contributed by atoms with Crippen molar-refractivity contribution >= 4 is 17.5 Å². The molecule has 1 N–H and O–H groups in total. The SMILES string of the molecule is Cc1cccc(Nc2cccc(C3CCN(C(=O)c4cccnc4)CC3)n2)n1. The Morgan fingerprint density at radius 3 is 2.46 bits per heavy atom. The van der Waals surface area contributed by atoms with Crippen molar-refractivity contribution in [1.82, 2.24) is 19.9 Å². The van der Waals surface area contributed by atoms with Crippen LogP contribution in [0.15, 0.2) is 60.9 Å². The van der Waals surface area contributed by atoms with E-state index in [-0.39, 0.29) is 5.91 Å². The summed E-state index contributed by atoms with van der Waals surface area (Å²) in [6.45, 7) is 3.43. The molecule has 6 heteroatoms. The molecule has 0 aliphatic carbocycles. The van der Waals surface area contributed by atoms with Crippen molar-refractivity contribution in [2.24, 2.45) is 0 Å². The number of nitrogens with one attached hydrogen (secondary N) is 1. The molecule has 1 aliphatic rings. The molecule has 4 heterocycles. The van der Waals surface area contributed by atoms with Crippen molar-refractivity contribution in [2.45, 2.75) is 25.7 Å². The van der Waals surface area contributed by atoms with Crippen LogP contribution in [0.2, 0.25) is 0 Å². The number of rotatable bonds is 4. The Balaban J connectivity index is 1.40. The molecule has 0 unspecified atom stereocenters. The second kappa shape index (κ2) is 8.17. The number of hydrogen-bond donors (Lipinski definition) is 1. The zero-order valence-electron chi connectivity index (χ0n) is 15.9. The molecule has 142 valence electrons. The average Bonchev–Trinajstić information content (AvgIpc) is 2.74. The molecule has 0 spiro atoms. The van der Waals surface area contributed by atoms with Gasteiger partial charge in [-0.15, -0.1) is 0 Å². The minimum Gasteiger partial charge on any atom is -0.339 e. The number of likely N-dealkylation sites (tertiary alicyclic amines) is 1. The Kier molecular flexibility index (Phi) is 5.28. The lowest BCUT2D eigenvalue weighted by molar-refractivity contribution is 0.0711. The molecule has 4 rings (SSSR count). The van der Waals surface area contributed by atoms with E-state index in [1.807, 2.05) is 48.2 Å². The van der Waals surface area contributed by atoms with Crippen LogP contribution in [0.4, 0.5) is 11.6 Å². The average molecular weight is 373 g/mol. The first-order valence-corrected chi connectivity index (χ1v) is 9.56. The molecule has 1 fully saturated rings. The molecular weight excluding hydrogens is 350 g/mol. The van der Waals surface area contributed by atoms with Crippen LogP contribution in [-0.4, -0.2) is 38.8 Å². The standard InChI is InChI=1S/C22H23N5O/c1-16-5-2-8-20(24-16)26-21-9-3-7-19(25-21)17-10-13-27(14-11-17)22(28)18-6-4-12-23-15-18/h2-9,12,15,17H,10-11,13-14H2,1H3,(H,24,25,26). The van der Waals surface area contributed by atoms with E-state index in [9.17, 15) is 4.79 Å². The Bertz CT molecular complexity index is 952. The van der Waals surface area contributed by atoms with E-state index in [4.69, 9.17) is 4.98 Å². The lowest BCUT2D eigenvalue weighted by atomic mass is 9.92. The number of amides is 1. The van der Waals surface area contributed by atoms with Crippen molar-refractivity contribution in [1.29, 1.82) is 0 Å². The number of carbonyl (C=O) groups is 1. The van der Waals surface area contributed by atoms with E-state index in [0.29, 0.717) is 11.5 Å². The van der Waals surface area contributed by atoms with Crippen LogP contribution in [0.25, 0.3) is 0 Å². The van der Waals surface area contributed by atoms with Gasteiger partial charge >= 0.3 is 0 Å². The largest absolute Gasteiger partial charge is 0.339 e. The van der Waals surface area contributed by atoms with Crippen LogP contribution in [0.5, 0.6) is 0 Å². The summed E-state index contributed by atoms with van der Waals surface area (Å²) in [5.41, 5.74) is 2.67. The lowest BCUT2D eigenvalue weighted by Crippen LogP contribution is -2.38. The second-order valence-electron chi connectivity index (χ2n) is 7.05. The third-order valence-corrected chi connectivity index (χ3v) is 5.02. The number of carbonyl (C=O) groups excluding carboxylic acids is 1. The van der Waals surface area contributed by atoms with Crippen molar-refractivity contribution < 1.29 is 4.79 Å². The quantitative estimate of drug-likeness (QED) is 0.750. The van der Waals surface area contributed by atoms with Gasteiger partial charge in [-0.3, -0.25) is 9.78 Å². The number of aromatic nitrogens is 3. The van der Waals surface area contributed by atoms with Crippen LogP contribution in [0, 0.1) is 6.92 Å². The fourth-order valence-electron chi connectivity index (χ4n) is 3.54. The van der Waals surface area contributed by atoms with Gasteiger partial charge in [0, 0.05) is 42.8 Å². The molecule has 1 amide bonds. The summed E-state index contributed by atoms with van der Waals surface area (Å²) in [5.74, 6) is 2.00. The summed E-state index contributed by atoms with van der Waals surface area (Å²) < 4.78 is 0. The monoisotopic (exact) mass is 373 g/mol. The number of hydrogen-bond acceptors (Lipinski definition) is 5. The fraction of sp³-hybridized carbons (Fsp3) is 0.273. The number of piperidine rings is 1. The van der Waals surface area contributed by atoms with E-state index in [2.05, 4.69) is 21.4 Å². The van der Waals surface area contributed by atoms with Gasteiger partial charge < -0.3 is 10.2 Å². The highest BCUT2D eigenvalue weighted by atomic mass is 16.2. The van der Waals surface area contributed by atoms with Crippen molar-refractivity contribution in [3.63, 3.8) is 0 Å². The van der Waals surface area contributed by atoms with Gasteiger partial charge in [-0.25, -0.2) is 9.97 Å². The molecule has 3 aromatic heterocycles. The Labute approximate surface area is 164 Å². The predicted octanol–water partition coefficient (Wildman–Crippen LogP) is 3.94. The molecule has 1 aliphatic heterocycles. The van der Waals surface area contributed by atoms with E-state index in [0.717, 1.165) is 49.0 Å². The van der Waals surface area contributed by atoms with Crippen molar-refractivity contribution in [3.8, 4) is 0 Å². The molecule has 0 atom stereocenters. The van der Waals surface area contributed by atoms with Crippen LogP contribution in [0.3, 0.4) is 0 Å². The molecule has 0 saturated carbocycles. The predicted molar refractivity (Wildman–Crippen MR) is 109 cm³/mol. The normalized spacial score (nSPS) is 14.7. The summed E-state index contributed by atoms with van der Waals surface area (Å²) in [7, 11) is 0. The number of anilines is 2. The van der Waals surface area contributed by atoms with Crippen LogP contribution >= 0.6 is 0 Å². The molecular formula is C22H23N5O. The third-order valence-electron chi connectivity index (χ3n) is 5.02. The molecule has 1 saturated heterocycles. The molecule has 28 heavy (non-hydrogen) atoms. The smallest absolute Gasteiger partial charge is 0.255 e. The Morgan fingerprint density at radius 2 is 1.75 bits per heavy atom. The highest BCUT2D eigenvalue weighted by Gasteiger charge is 2.25. The highest BCUT2D eigenvalue weighted by Crippen LogP contribution is 2.28. The summed E-state index contributed by atoms with van der Waals surface area (Å²) in [6, 6.07) is 15.5. The highest BCUT2D eigenvalue weighted by molar-refractivity contribution is 5.93. The van der Waals surface area contributed by atoms with Crippen molar-refractivity contribution in [3.05, 3.63) is 77.9 Å². The summed E-state index contributed by atoms with van der Waals surface area (Å²) >= 11 is 0. The maximum Gasteiger partial charge on any atom is 0.255 e. The second-order valence-corrected chi connectivity index (χ2v) is 7.05. The van der Waals surface area contributed by atoms with Gasteiger partial charge in [0.1, 0.15) is 11.6 Å². The maximum absolute atomic E-state index is 12.6. The first-order chi connectivity index (χ1) is 13.7. The Hall–Kier alpha value is -3.28. The molecule has 0 aromatic carbocycles. The van der Waals surface area contributed by atoms with E-state index in [1.165, 1.54) is 0 Å². The summed E-state index contributed by atoms with van der Waals surface area (Å²) in [5, 5.41) is 3.28. The molecule has 0 radical (unpaired) electrons. The van der Waals surface area contributed by atoms with E-state index < -0.39 is 0 Å². The first kappa shape index (κ1) is 18.1. The van der Waals surface area contributed by atoms with Gasteiger partial charge in [0.25, 0.3) is 5.91 Å². The van der Waals surface area contributed by atoms with Gasteiger partial charge in [0.2, 0.25) is 0 Å². The van der Waals surface area contributed by atoms with Crippen LogP contribution in [0.1, 0.15) is 40.5 Å². The van der Waals surface area contributed by atoms with E-state index >= 15 is 0 Å². The van der Waals surface area contributed by atoms with Gasteiger partial charge in [-0.2, -0.15) is 0 Å². The number of nitrogens with zero attached hydrogens (tertiary/aromatic N) is 4. The summed E-state index contributed by atoms with van der Waals surface area (Å²) in [6.07, 6.45) is 5.13. The topological polar surface area (TPSA) is 71.0 Å². The van der Waals surface area contributed by atoms with Crippen LogP contribution in [-0.2, 0) is 0 Å². The maximum atomic E-state index is 12.6. The lowest BCUT2D eigenvalue weighted by Gasteiger charge is -2.31. The minimum absolute atomic E-state index is 0.0560. The Morgan fingerprint density at radius 1 is 1.00 bits per heavy atom. The molecule has 0 bridgehead atoms. The van der Waals surface area contributed by atoms with Crippen LogP contribution < -0.4 is 5.32 Å². The third kappa shape index (κ3) is 4.17. The van der Waals surface area contributed by atoms with Gasteiger partial charge in [0.15, 0.2) is 0 Å². The zero-order valence-corrected chi connectivity index (χ0v) is 15.9. The van der Waals surface area contributed by atoms with Gasteiger partial charge in [-0.1, -0.05) is 12.1 Å². The van der Waals surface area contributed by atoms with Crippen molar-refractivity contribution in [2.75, 3.05) is 18.4 Å². The van der Waals surface area contributed by atoms with Gasteiger partial charge in [-0.05, 0) is 56.2 Å². The number of aryl methyl sites for hydroxylation is 1. The molecule has 3 aromatic rings. The minimum atomic E-state index is 0.0560. The first-order valence-electron chi connectivity index (χ1n) is 9.56. The van der Waals surface area contributed by atoms with E-state index in [1.54, 1.807) is 18.5 Å². The molecule has 6 nitrogen and oxygen atoms in total.